The van der Waals surface area contributed by atoms with E-state index in [0.717, 1.165) is 38.1 Å². The number of carbonyl (C=O) groups excluding carboxylic acids is 2. The molecule has 2 heterocycles. The zero-order valence-electron chi connectivity index (χ0n) is 20.1. The number of rotatable bonds is 6. The van der Waals surface area contributed by atoms with Crippen LogP contribution in [0.25, 0.3) is 0 Å². The summed E-state index contributed by atoms with van der Waals surface area (Å²) in [4.78, 5) is 31.0. The van der Waals surface area contributed by atoms with Crippen LogP contribution in [0.4, 0.5) is 23.7 Å². The van der Waals surface area contributed by atoms with Gasteiger partial charge in [-0.1, -0.05) is 6.07 Å². The van der Waals surface area contributed by atoms with Crippen molar-refractivity contribution in [3.8, 4) is 0 Å². The Bertz CT molecular complexity index is 969. The number of piperazine rings is 1. The summed E-state index contributed by atoms with van der Waals surface area (Å²) in [6.07, 6.45) is -3.23. The van der Waals surface area contributed by atoms with Crippen molar-refractivity contribution in [2.75, 3.05) is 60.5 Å². The maximum atomic E-state index is 13.4. The third-order valence-corrected chi connectivity index (χ3v) is 7.61. The van der Waals surface area contributed by atoms with E-state index in [1.807, 2.05) is 0 Å². The maximum absolute atomic E-state index is 13.4. The third-order valence-electron chi connectivity index (χ3n) is 6.63. The number of methoxy groups -OCH3 is 1. The Morgan fingerprint density at radius 2 is 1.83 bits per heavy atom. The molecule has 1 unspecified atom stereocenters. The van der Waals surface area contributed by atoms with E-state index in [1.165, 1.54) is 27.3 Å². The Labute approximate surface area is 205 Å². The first-order valence-corrected chi connectivity index (χ1v) is 12.4. The second-order valence-electron chi connectivity index (χ2n) is 9.26. The predicted molar refractivity (Wildman–Crippen MR) is 125 cm³/mol. The molecule has 13 heteroatoms. The molecule has 0 radical (unpaired) electrons. The summed E-state index contributed by atoms with van der Waals surface area (Å²) in [6.45, 7) is 3.18. The lowest BCUT2D eigenvalue weighted by Crippen LogP contribution is -2.60. The highest BCUT2D eigenvalue weighted by Crippen LogP contribution is 2.36. The predicted octanol–water partition coefficient (Wildman–Crippen LogP) is 2.33. The number of benzene rings is 1. The smallest absolute Gasteiger partial charge is 0.416 e. The molecule has 196 valence electrons. The number of hydrogen-bond donors (Lipinski definition) is 1. The average Bonchev–Trinajstić information content (AvgIpc) is 3.30. The van der Waals surface area contributed by atoms with Crippen molar-refractivity contribution >= 4 is 29.0 Å². The van der Waals surface area contributed by atoms with Gasteiger partial charge in [0, 0.05) is 37.8 Å². The standard InChI is InChI=1S/C22H31F3N4O5S/c1-29(2,35(32)33)19-13-17(22(23,24)25)7-6-16(19)12-20(30)28-11-10-27(21(31)34-3)15-18(28)14-26-8-4-5-9-26/h6-7,13,18H,4-5,8-12,14-15H2,1-3H3/p+1/t18-/m1/s1. The Kier molecular flexibility index (Phi) is 8.45. The van der Waals surface area contributed by atoms with Crippen molar-refractivity contribution in [2.45, 2.75) is 31.5 Å². The van der Waals surface area contributed by atoms with Gasteiger partial charge in [0.05, 0.1) is 39.2 Å². The highest BCUT2D eigenvalue weighted by Gasteiger charge is 2.39. The first kappa shape index (κ1) is 27.4. The van der Waals surface area contributed by atoms with E-state index in [1.54, 1.807) is 9.80 Å². The van der Waals surface area contributed by atoms with Crippen LogP contribution in [0.3, 0.4) is 0 Å². The van der Waals surface area contributed by atoms with E-state index in [4.69, 9.17) is 4.74 Å². The molecule has 9 nitrogen and oxygen atoms in total. The molecule has 0 spiro atoms. The molecular weight excluding hydrogens is 489 g/mol. The van der Waals surface area contributed by atoms with Gasteiger partial charge in [0.25, 0.3) is 0 Å². The Hall–Kier alpha value is -2.22. The maximum Gasteiger partial charge on any atom is 0.416 e. The minimum atomic E-state index is -4.64. The molecule has 0 bridgehead atoms. The minimum absolute atomic E-state index is 0.0571. The van der Waals surface area contributed by atoms with E-state index in [0.29, 0.717) is 6.54 Å². The summed E-state index contributed by atoms with van der Waals surface area (Å²) in [5.74, 6) is -0.316. The van der Waals surface area contributed by atoms with Crippen molar-refractivity contribution in [3.05, 3.63) is 29.3 Å². The fourth-order valence-corrected chi connectivity index (χ4v) is 4.98. The van der Waals surface area contributed by atoms with E-state index >= 15 is 0 Å². The molecule has 1 aromatic carbocycles. The Morgan fingerprint density at radius 3 is 2.40 bits per heavy atom. The van der Waals surface area contributed by atoms with Crippen LogP contribution in [-0.4, -0.2) is 102 Å². The number of quaternary nitrogens is 1. The van der Waals surface area contributed by atoms with Crippen LogP contribution in [0, 0.1) is 0 Å². The van der Waals surface area contributed by atoms with Crippen LogP contribution in [-0.2, 0) is 33.4 Å². The zero-order chi connectivity index (χ0) is 26.0. The summed E-state index contributed by atoms with van der Waals surface area (Å²) in [5, 5.41) is 0. The van der Waals surface area contributed by atoms with Crippen molar-refractivity contribution in [2.24, 2.45) is 0 Å². The third kappa shape index (κ3) is 6.32. The normalized spacial score (nSPS) is 20.7. The topological polar surface area (TPSA) is 90.4 Å². The molecule has 35 heavy (non-hydrogen) atoms. The fraction of sp³-hybridized carbons (Fsp3) is 0.636. The molecule has 2 saturated heterocycles. The summed E-state index contributed by atoms with van der Waals surface area (Å²) in [7, 11) is 3.92. The molecule has 1 aromatic rings. The van der Waals surface area contributed by atoms with Crippen molar-refractivity contribution < 1.29 is 36.3 Å². The van der Waals surface area contributed by atoms with Gasteiger partial charge < -0.3 is 19.4 Å². The molecule has 0 aromatic heterocycles. The molecule has 2 aliphatic heterocycles. The Morgan fingerprint density at radius 1 is 1.17 bits per heavy atom. The summed E-state index contributed by atoms with van der Waals surface area (Å²) in [6, 6.07) is 2.60. The lowest BCUT2D eigenvalue weighted by molar-refractivity contribution is -0.137. The number of carbonyl (C=O) groups is 2. The van der Waals surface area contributed by atoms with E-state index in [2.05, 4.69) is 4.90 Å². The second kappa shape index (κ2) is 10.8. The van der Waals surface area contributed by atoms with E-state index < -0.39 is 33.0 Å². The van der Waals surface area contributed by atoms with E-state index in [9.17, 15) is 31.5 Å². The number of likely N-dealkylation sites (tertiary alicyclic amines) is 1. The molecule has 2 atom stereocenters. The van der Waals surface area contributed by atoms with Crippen LogP contribution in [0.1, 0.15) is 24.0 Å². The SMILES string of the molecule is COC(=O)N1CCN(C(=O)Cc2ccc(C(F)(F)F)cc2[N+](C)(C)S(=O)O)[C@H](CN2CCCC2)C1. The van der Waals surface area contributed by atoms with Crippen LogP contribution in [0.2, 0.25) is 0 Å². The number of ether oxygens (including phenoxy) is 1. The number of amides is 2. The average molecular weight is 522 g/mol. The number of hydrogen-bond acceptors (Lipinski definition) is 5. The first-order valence-electron chi connectivity index (χ1n) is 11.4. The number of halogens is 3. The van der Waals surface area contributed by atoms with Crippen molar-refractivity contribution in [1.29, 1.82) is 0 Å². The Balaban J connectivity index is 1.88. The minimum Gasteiger partial charge on any atom is -0.453 e. The van der Waals surface area contributed by atoms with Crippen LogP contribution >= 0.6 is 0 Å². The van der Waals surface area contributed by atoms with Crippen LogP contribution in [0.15, 0.2) is 18.2 Å². The molecule has 3 rings (SSSR count). The molecule has 2 amide bonds. The number of nitrogens with zero attached hydrogens (tertiary/aromatic N) is 4. The number of alkyl halides is 3. The van der Waals surface area contributed by atoms with Gasteiger partial charge in [-0.05, 0) is 32.0 Å². The highest BCUT2D eigenvalue weighted by atomic mass is 32.2. The van der Waals surface area contributed by atoms with Crippen molar-refractivity contribution in [1.82, 2.24) is 18.6 Å². The summed E-state index contributed by atoms with van der Waals surface area (Å²) in [5.41, 5.74) is -0.775. The van der Waals surface area contributed by atoms with Crippen LogP contribution < -0.4 is 3.89 Å². The molecular formula is C22H32F3N4O5S+. The van der Waals surface area contributed by atoms with Crippen LogP contribution in [0.5, 0.6) is 0 Å². The van der Waals surface area contributed by atoms with Crippen molar-refractivity contribution in [3.63, 3.8) is 0 Å². The molecule has 2 aliphatic rings. The van der Waals surface area contributed by atoms with Gasteiger partial charge in [0.2, 0.25) is 5.91 Å². The fourth-order valence-electron chi connectivity index (χ4n) is 4.64. The zero-order valence-corrected chi connectivity index (χ0v) is 20.9. The monoisotopic (exact) mass is 521 g/mol. The highest BCUT2D eigenvalue weighted by molar-refractivity contribution is 7.78. The van der Waals surface area contributed by atoms with Gasteiger partial charge in [-0.3, -0.25) is 9.35 Å². The molecule has 1 N–H and O–H groups in total. The lowest BCUT2D eigenvalue weighted by Gasteiger charge is -2.42. The first-order chi connectivity index (χ1) is 16.3. The second-order valence-corrected chi connectivity index (χ2v) is 10.6. The van der Waals surface area contributed by atoms with Gasteiger partial charge in [-0.15, -0.1) is 0 Å². The molecule has 0 saturated carbocycles. The quantitative estimate of drug-likeness (QED) is 0.457. The summed E-state index contributed by atoms with van der Waals surface area (Å²) >= 11 is -2.53. The van der Waals surface area contributed by atoms with Gasteiger partial charge >= 0.3 is 23.5 Å². The molecule has 2 fully saturated rings. The lowest BCUT2D eigenvalue weighted by atomic mass is 10.0. The summed E-state index contributed by atoms with van der Waals surface area (Å²) < 4.78 is 65.8. The van der Waals surface area contributed by atoms with Gasteiger partial charge in [0.15, 0.2) is 5.69 Å². The van der Waals surface area contributed by atoms with E-state index in [-0.39, 0.29) is 49.3 Å². The van der Waals surface area contributed by atoms with Gasteiger partial charge in [0.1, 0.15) is 0 Å². The van der Waals surface area contributed by atoms with Gasteiger partial charge in [-0.25, -0.2) is 4.79 Å². The van der Waals surface area contributed by atoms with Gasteiger partial charge in [-0.2, -0.15) is 21.3 Å². The largest absolute Gasteiger partial charge is 0.453 e. The molecule has 0 aliphatic carbocycles.